The van der Waals surface area contributed by atoms with E-state index in [0.29, 0.717) is 12.3 Å². The summed E-state index contributed by atoms with van der Waals surface area (Å²) < 4.78 is 15.1. The predicted molar refractivity (Wildman–Crippen MR) is 132 cm³/mol. The molecule has 0 saturated carbocycles. The number of anilines is 1. The van der Waals surface area contributed by atoms with E-state index in [4.69, 9.17) is 9.47 Å². The number of hydrogen-bond donors (Lipinski definition) is 2. The number of ether oxygens (including phenoxy) is 2. The SMILES string of the molecule is Cn1c(C(=O)Nc2cccc(COc3cccc(OC4CCNCC4)c3)c2)cc2sccc21. The summed E-state index contributed by atoms with van der Waals surface area (Å²) in [4.78, 5) is 12.8. The molecule has 4 aromatic rings. The summed E-state index contributed by atoms with van der Waals surface area (Å²) in [5.74, 6) is 1.48. The first kappa shape index (κ1) is 21.6. The molecule has 0 aliphatic carbocycles. The lowest BCUT2D eigenvalue weighted by Crippen LogP contribution is -2.34. The van der Waals surface area contributed by atoms with Crippen LogP contribution in [0.15, 0.2) is 66.0 Å². The molecule has 1 aliphatic rings. The van der Waals surface area contributed by atoms with E-state index in [0.717, 1.165) is 58.9 Å². The highest BCUT2D eigenvalue weighted by Crippen LogP contribution is 2.26. The molecule has 3 heterocycles. The van der Waals surface area contributed by atoms with Crippen molar-refractivity contribution in [2.45, 2.75) is 25.6 Å². The zero-order valence-corrected chi connectivity index (χ0v) is 19.4. The Bertz CT molecular complexity index is 1260. The van der Waals surface area contributed by atoms with E-state index in [1.807, 2.05) is 77.7 Å². The number of carbonyl (C=O) groups is 1. The summed E-state index contributed by atoms with van der Waals surface area (Å²) >= 11 is 1.63. The zero-order chi connectivity index (χ0) is 22.6. The van der Waals surface area contributed by atoms with Gasteiger partial charge in [-0.05, 0) is 73.3 Å². The first-order valence-electron chi connectivity index (χ1n) is 11.2. The summed E-state index contributed by atoms with van der Waals surface area (Å²) in [5.41, 5.74) is 3.43. The summed E-state index contributed by atoms with van der Waals surface area (Å²) in [7, 11) is 1.91. The largest absolute Gasteiger partial charge is 0.490 e. The van der Waals surface area contributed by atoms with Gasteiger partial charge in [0.25, 0.3) is 5.91 Å². The number of aryl methyl sites for hydroxylation is 1. The topological polar surface area (TPSA) is 64.5 Å². The minimum Gasteiger partial charge on any atom is -0.490 e. The zero-order valence-electron chi connectivity index (χ0n) is 18.5. The number of benzene rings is 2. The van der Waals surface area contributed by atoms with Crippen LogP contribution in [-0.2, 0) is 13.7 Å². The van der Waals surface area contributed by atoms with Crippen LogP contribution in [0.3, 0.4) is 0 Å². The number of rotatable bonds is 7. The maximum absolute atomic E-state index is 12.8. The predicted octanol–water partition coefficient (Wildman–Crippen LogP) is 5.20. The fraction of sp³-hybridized carbons (Fsp3) is 0.269. The van der Waals surface area contributed by atoms with Crippen LogP contribution in [0.2, 0.25) is 0 Å². The van der Waals surface area contributed by atoms with Crippen LogP contribution < -0.4 is 20.1 Å². The van der Waals surface area contributed by atoms with Crippen molar-refractivity contribution in [2.24, 2.45) is 7.05 Å². The highest BCUT2D eigenvalue weighted by Gasteiger charge is 2.15. The van der Waals surface area contributed by atoms with Gasteiger partial charge in [-0.2, -0.15) is 0 Å². The Morgan fingerprint density at radius 2 is 1.91 bits per heavy atom. The molecule has 0 atom stereocenters. The number of aromatic nitrogens is 1. The molecule has 1 saturated heterocycles. The molecule has 5 rings (SSSR count). The van der Waals surface area contributed by atoms with Crippen LogP contribution >= 0.6 is 11.3 Å². The summed E-state index contributed by atoms with van der Waals surface area (Å²) in [6.45, 7) is 2.40. The average Bonchev–Trinajstić information content (AvgIpc) is 3.42. The molecule has 170 valence electrons. The minimum absolute atomic E-state index is 0.123. The van der Waals surface area contributed by atoms with E-state index < -0.39 is 0 Å². The van der Waals surface area contributed by atoms with Gasteiger partial charge in [0.15, 0.2) is 0 Å². The molecule has 1 amide bonds. The highest BCUT2D eigenvalue weighted by atomic mass is 32.1. The van der Waals surface area contributed by atoms with Crippen molar-refractivity contribution in [3.05, 3.63) is 77.3 Å². The van der Waals surface area contributed by atoms with Gasteiger partial charge >= 0.3 is 0 Å². The first-order valence-corrected chi connectivity index (χ1v) is 12.1. The van der Waals surface area contributed by atoms with Crippen LogP contribution in [0.25, 0.3) is 10.2 Å². The van der Waals surface area contributed by atoms with Crippen LogP contribution in [0, 0.1) is 0 Å². The third-order valence-electron chi connectivity index (χ3n) is 5.88. The van der Waals surface area contributed by atoms with Gasteiger partial charge in [-0.25, -0.2) is 0 Å². The number of nitrogens with one attached hydrogen (secondary N) is 2. The highest BCUT2D eigenvalue weighted by molar-refractivity contribution is 7.17. The standard InChI is InChI=1S/C26H27N3O3S/c1-29-23-10-13-33-25(23)16-24(29)26(30)28-19-5-2-4-18(14-19)17-31-21-6-3-7-22(15-21)32-20-8-11-27-12-9-20/h2-7,10,13-16,20,27H,8-9,11-12,17H2,1H3,(H,28,30). The molecule has 0 radical (unpaired) electrons. The smallest absolute Gasteiger partial charge is 0.272 e. The average molecular weight is 462 g/mol. The van der Waals surface area contributed by atoms with Gasteiger partial charge in [0.2, 0.25) is 0 Å². The molecular formula is C26H27N3O3S. The van der Waals surface area contributed by atoms with Gasteiger partial charge in [-0.3, -0.25) is 4.79 Å². The molecular weight excluding hydrogens is 434 g/mol. The molecule has 6 nitrogen and oxygen atoms in total. The second-order valence-electron chi connectivity index (χ2n) is 8.24. The molecule has 2 aromatic heterocycles. The summed E-state index contributed by atoms with van der Waals surface area (Å²) in [6, 6.07) is 19.5. The Labute approximate surface area is 197 Å². The van der Waals surface area contributed by atoms with Gasteiger partial charge in [-0.15, -0.1) is 11.3 Å². The van der Waals surface area contributed by atoms with E-state index in [2.05, 4.69) is 10.6 Å². The molecule has 33 heavy (non-hydrogen) atoms. The molecule has 0 bridgehead atoms. The quantitative estimate of drug-likeness (QED) is 0.397. The second-order valence-corrected chi connectivity index (χ2v) is 9.19. The fourth-order valence-corrected chi connectivity index (χ4v) is 4.96. The number of piperidine rings is 1. The summed E-state index contributed by atoms with van der Waals surface area (Å²) in [6.07, 6.45) is 2.29. The minimum atomic E-state index is -0.123. The van der Waals surface area contributed by atoms with Crippen molar-refractivity contribution in [1.29, 1.82) is 0 Å². The normalized spacial score (nSPS) is 14.3. The molecule has 1 fully saturated rings. The van der Waals surface area contributed by atoms with Gasteiger partial charge < -0.3 is 24.7 Å². The third-order valence-corrected chi connectivity index (χ3v) is 6.73. The van der Waals surface area contributed by atoms with E-state index in [1.54, 1.807) is 11.3 Å². The van der Waals surface area contributed by atoms with Crippen molar-refractivity contribution < 1.29 is 14.3 Å². The third kappa shape index (κ3) is 5.05. The van der Waals surface area contributed by atoms with Gasteiger partial charge in [0.05, 0.1) is 10.2 Å². The lowest BCUT2D eigenvalue weighted by molar-refractivity contribution is 0.101. The van der Waals surface area contributed by atoms with Crippen LogP contribution in [0.4, 0.5) is 5.69 Å². The first-order chi connectivity index (χ1) is 16.2. The fourth-order valence-electron chi connectivity index (χ4n) is 4.11. The molecule has 1 aliphatic heterocycles. The van der Waals surface area contributed by atoms with Crippen molar-refractivity contribution in [3.63, 3.8) is 0 Å². The van der Waals surface area contributed by atoms with Crippen molar-refractivity contribution in [1.82, 2.24) is 9.88 Å². The lowest BCUT2D eigenvalue weighted by atomic mass is 10.1. The Morgan fingerprint density at radius 1 is 1.09 bits per heavy atom. The van der Waals surface area contributed by atoms with Crippen molar-refractivity contribution in [2.75, 3.05) is 18.4 Å². The van der Waals surface area contributed by atoms with E-state index in [9.17, 15) is 4.79 Å². The van der Waals surface area contributed by atoms with Gasteiger partial charge in [0.1, 0.15) is 29.9 Å². The molecule has 2 aromatic carbocycles. The van der Waals surface area contributed by atoms with Crippen LogP contribution in [0.1, 0.15) is 28.9 Å². The maximum Gasteiger partial charge on any atom is 0.272 e. The van der Waals surface area contributed by atoms with Gasteiger partial charge in [-0.1, -0.05) is 18.2 Å². The number of thiophene rings is 1. The number of hydrogen-bond acceptors (Lipinski definition) is 5. The number of carbonyl (C=O) groups excluding carboxylic acids is 1. The molecule has 0 spiro atoms. The second kappa shape index (κ2) is 9.68. The number of nitrogens with zero attached hydrogens (tertiary/aromatic N) is 1. The molecule has 2 N–H and O–H groups in total. The number of amides is 1. The van der Waals surface area contributed by atoms with E-state index >= 15 is 0 Å². The maximum atomic E-state index is 12.8. The Kier molecular flexibility index (Phi) is 6.32. The van der Waals surface area contributed by atoms with Crippen LogP contribution in [-0.4, -0.2) is 29.7 Å². The molecule has 0 unspecified atom stereocenters. The van der Waals surface area contributed by atoms with E-state index in [-0.39, 0.29) is 12.0 Å². The van der Waals surface area contributed by atoms with E-state index in [1.165, 1.54) is 0 Å². The van der Waals surface area contributed by atoms with Crippen LogP contribution in [0.5, 0.6) is 11.5 Å². The summed E-state index contributed by atoms with van der Waals surface area (Å²) in [5, 5.41) is 8.39. The monoisotopic (exact) mass is 461 g/mol. The van der Waals surface area contributed by atoms with Crippen molar-refractivity contribution >= 4 is 33.1 Å². The van der Waals surface area contributed by atoms with Crippen molar-refractivity contribution in [3.8, 4) is 11.5 Å². The Balaban J connectivity index is 1.21. The lowest BCUT2D eigenvalue weighted by Gasteiger charge is -2.24. The van der Waals surface area contributed by atoms with Gasteiger partial charge in [0, 0.05) is 18.8 Å². The molecule has 7 heteroatoms. The Hall–Kier alpha value is -3.29. The number of fused-ring (bicyclic) bond motifs is 1. The Morgan fingerprint density at radius 3 is 2.76 bits per heavy atom.